The molecule has 7 atom stereocenters. The summed E-state index contributed by atoms with van der Waals surface area (Å²) in [7, 11) is 0. The summed E-state index contributed by atoms with van der Waals surface area (Å²) in [6.07, 6.45) is 11.0. The van der Waals surface area contributed by atoms with Gasteiger partial charge in [0.1, 0.15) is 6.10 Å². The second-order valence-electron chi connectivity index (χ2n) is 10.1. The van der Waals surface area contributed by atoms with Crippen molar-refractivity contribution in [1.82, 2.24) is 0 Å². The Morgan fingerprint density at radius 1 is 1.00 bits per heavy atom. The highest BCUT2D eigenvalue weighted by atomic mass is 16.5. The topological polar surface area (TPSA) is 79.2 Å². The highest BCUT2D eigenvalue weighted by molar-refractivity contribution is 5.11. The molecule has 0 amide bonds. The lowest BCUT2D eigenvalue weighted by atomic mass is 9.71. The van der Waals surface area contributed by atoms with Crippen molar-refractivity contribution in [3.8, 4) is 0 Å². The standard InChI is InChI=1S/C23H40O5/c1-2-27-19-8-6-15(7-9-19)10-16-4-3-5-17(11-16)22-21(26)20(25)13-23(28-22)12-18(23)14-24/h15-22,24-26H,2-14H2,1H3/t15?,16?,17?,18?,19?,20-,21+,22-,23?/m0/s1. The van der Waals surface area contributed by atoms with E-state index in [0.717, 1.165) is 31.8 Å². The van der Waals surface area contributed by atoms with Crippen molar-refractivity contribution in [1.29, 1.82) is 0 Å². The third kappa shape index (κ3) is 4.44. The van der Waals surface area contributed by atoms with Crippen LogP contribution in [0.5, 0.6) is 0 Å². The van der Waals surface area contributed by atoms with Crippen molar-refractivity contribution >= 4 is 0 Å². The van der Waals surface area contributed by atoms with E-state index in [1.807, 2.05) is 0 Å². The number of aliphatic hydroxyl groups is 3. The average Bonchev–Trinajstić information content (AvgIpc) is 3.38. The summed E-state index contributed by atoms with van der Waals surface area (Å²) < 4.78 is 12.2. The second-order valence-corrected chi connectivity index (χ2v) is 10.1. The minimum Gasteiger partial charge on any atom is -0.396 e. The van der Waals surface area contributed by atoms with Gasteiger partial charge in [0, 0.05) is 25.6 Å². The van der Waals surface area contributed by atoms with E-state index >= 15 is 0 Å². The van der Waals surface area contributed by atoms with Crippen LogP contribution in [0.4, 0.5) is 0 Å². The third-order valence-electron chi connectivity index (χ3n) is 8.20. The molecule has 1 spiro atoms. The number of rotatable bonds is 6. The summed E-state index contributed by atoms with van der Waals surface area (Å²) in [6.45, 7) is 3.03. The van der Waals surface area contributed by atoms with E-state index in [4.69, 9.17) is 9.47 Å². The molecule has 0 aromatic heterocycles. The molecule has 0 radical (unpaired) electrons. The Balaban J connectivity index is 1.31. The summed E-state index contributed by atoms with van der Waals surface area (Å²) in [5, 5.41) is 30.6. The van der Waals surface area contributed by atoms with Gasteiger partial charge in [-0.15, -0.1) is 0 Å². The van der Waals surface area contributed by atoms with Crippen LogP contribution in [-0.4, -0.2) is 58.6 Å². The van der Waals surface area contributed by atoms with Crippen LogP contribution < -0.4 is 0 Å². The van der Waals surface area contributed by atoms with Gasteiger partial charge in [-0.2, -0.15) is 0 Å². The van der Waals surface area contributed by atoms with Gasteiger partial charge in [-0.3, -0.25) is 0 Å². The Labute approximate surface area is 169 Å². The van der Waals surface area contributed by atoms with Crippen molar-refractivity contribution in [3.05, 3.63) is 0 Å². The smallest absolute Gasteiger partial charge is 0.106 e. The van der Waals surface area contributed by atoms with Crippen LogP contribution >= 0.6 is 0 Å². The molecule has 0 aromatic carbocycles. The zero-order valence-electron chi connectivity index (χ0n) is 17.5. The van der Waals surface area contributed by atoms with Crippen LogP contribution in [0.15, 0.2) is 0 Å². The van der Waals surface area contributed by atoms with Crippen molar-refractivity contribution in [2.75, 3.05) is 13.2 Å². The first-order valence-electron chi connectivity index (χ1n) is 11.8. The van der Waals surface area contributed by atoms with Crippen LogP contribution in [-0.2, 0) is 9.47 Å². The van der Waals surface area contributed by atoms with Gasteiger partial charge in [-0.05, 0) is 76.0 Å². The van der Waals surface area contributed by atoms with E-state index in [2.05, 4.69) is 6.92 Å². The average molecular weight is 397 g/mol. The number of hydrogen-bond acceptors (Lipinski definition) is 5. The summed E-state index contributed by atoms with van der Waals surface area (Å²) in [5.74, 6) is 2.00. The molecule has 4 aliphatic rings. The van der Waals surface area contributed by atoms with Crippen molar-refractivity contribution in [3.63, 3.8) is 0 Å². The Hall–Kier alpha value is -0.200. The van der Waals surface area contributed by atoms with Crippen LogP contribution in [0.3, 0.4) is 0 Å². The van der Waals surface area contributed by atoms with E-state index in [0.29, 0.717) is 24.4 Å². The maximum Gasteiger partial charge on any atom is 0.106 e. The molecule has 3 saturated carbocycles. The minimum absolute atomic E-state index is 0.118. The predicted octanol–water partition coefficient (Wildman–Crippen LogP) is 3.04. The lowest BCUT2D eigenvalue weighted by Crippen LogP contribution is -2.53. The van der Waals surface area contributed by atoms with Crippen LogP contribution in [0.2, 0.25) is 0 Å². The molecular weight excluding hydrogens is 356 g/mol. The van der Waals surface area contributed by atoms with Gasteiger partial charge in [0.15, 0.2) is 0 Å². The summed E-state index contributed by atoms with van der Waals surface area (Å²) in [5.41, 5.74) is -0.372. The molecule has 1 heterocycles. The Kier molecular flexibility index (Phi) is 6.68. The largest absolute Gasteiger partial charge is 0.396 e. The van der Waals surface area contributed by atoms with Crippen molar-refractivity contribution in [2.45, 2.75) is 108 Å². The van der Waals surface area contributed by atoms with E-state index in [-0.39, 0.29) is 24.2 Å². The maximum atomic E-state index is 10.6. The Morgan fingerprint density at radius 2 is 1.79 bits per heavy atom. The van der Waals surface area contributed by atoms with Gasteiger partial charge in [0.2, 0.25) is 0 Å². The third-order valence-corrected chi connectivity index (χ3v) is 8.20. The van der Waals surface area contributed by atoms with Gasteiger partial charge in [0.25, 0.3) is 0 Å². The first-order chi connectivity index (χ1) is 13.5. The van der Waals surface area contributed by atoms with Gasteiger partial charge in [0.05, 0.1) is 23.9 Å². The van der Waals surface area contributed by atoms with Gasteiger partial charge in [-0.1, -0.05) is 12.8 Å². The van der Waals surface area contributed by atoms with Gasteiger partial charge in [-0.25, -0.2) is 0 Å². The molecule has 28 heavy (non-hydrogen) atoms. The second kappa shape index (κ2) is 8.89. The van der Waals surface area contributed by atoms with E-state index < -0.39 is 12.2 Å². The van der Waals surface area contributed by atoms with Gasteiger partial charge >= 0.3 is 0 Å². The summed E-state index contributed by atoms with van der Waals surface area (Å²) in [4.78, 5) is 0. The molecule has 4 unspecified atom stereocenters. The fourth-order valence-electron chi connectivity index (χ4n) is 6.53. The molecule has 0 bridgehead atoms. The monoisotopic (exact) mass is 396 g/mol. The fourth-order valence-corrected chi connectivity index (χ4v) is 6.53. The fraction of sp³-hybridized carbons (Fsp3) is 1.00. The van der Waals surface area contributed by atoms with Gasteiger partial charge < -0.3 is 24.8 Å². The first-order valence-corrected chi connectivity index (χ1v) is 11.8. The number of ether oxygens (including phenoxy) is 2. The molecule has 5 nitrogen and oxygen atoms in total. The maximum absolute atomic E-state index is 10.6. The lowest BCUT2D eigenvalue weighted by Gasteiger charge is -2.44. The normalized spacial score (nSPS) is 49.3. The van der Waals surface area contributed by atoms with E-state index in [1.165, 1.54) is 44.9 Å². The van der Waals surface area contributed by atoms with Crippen molar-refractivity contribution < 1.29 is 24.8 Å². The highest BCUT2D eigenvalue weighted by Gasteiger charge is 2.61. The highest BCUT2D eigenvalue weighted by Crippen LogP contribution is 2.55. The molecule has 5 heteroatoms. The molecule has 4 rings (SSSR count). The summed E-state index contributed by atoms with van der Waals surface area (Å²) >= 11 is 0. The van der Waals surface area contributed by atoms with Crippen LogP contribution in [0.25, 0.3) is 0 Å². The lowest BCUT2D eigenvalue weighted by molar-refractivity contribution is -0.206. The molecule has 162 valence electrons. The Bertz CT molecular complexity index is 505. The first kappa shape index (κ1) is 21.0. The molecule has 3 N–H and O–H groups in total. The van der Waals surface area contributed by atoms with Crippen molar-refractivity contribution in [2.24, 2.45) is 23.7 Å². The predicted molar refractivity (Wildman–Crippen MR) is 107 cm³/mol. The molecular formula is C23H40O5. The molecule has 3 aliphatic carbocycles. The Morgan fingerprint density at radius 3 is 2.46 bits per heavy atom. The van der Waals surface area contributed by atoms with E-state index in [9.17, 15) is 15.3 Å². The minimum atomic E-state index is -0.782. The van der Waals surface area contributed by atoms with Crippen LogP contribution in [0, 0.1) is 23.7 Å². The zero-order valence-corrected chi connectivity index (χ0v) is 17.5. The molecule has 4 fully saturated rings. The SMILES string of the molecule is CCOC1CCC(CC2CCCC([C@@H]3OC4(CC4CO)C[C@H](O)[C@H]3O)C2)CC1. The molecule has 1 saturated heterocycles. The summed E-state index contributed by atoms with van der Waals surface area (Å²) in [6, 6.07) is 0. The number of aliphatic hydroxyl groups excluding tert-OH is 3. The molecule has 1 aliphatic heterocycles. The number of hydrogen-bond donors (Lipinski definition) is 3. The quantitative estimate of drug-likeness (QED) is 0.643. The van der Waals surface area contributed by atoms with Crippen LogP contribution in [0.1, 0.15) is 77.6 Å². The zero-order chi connectivity index (χ0) is 19.7. The molecule has 0 aromatic rings. The van der Waals surface area contributed by atoms with E-state index in [1.54, 1.807) is 0 Å².